The summed E-state index contributed by atoms with van der Waals surface area (Å²) in [7, 11) is -3.53. The third-order valence-electron chi connectivity index (χ3n) is 4.67. The Hall–Kier alpha value is -3.13. The molecule has 0 saturated carbocycles. The van der Waals surface area contributed by atoms with Crippen molar-refractivity contribution in [3.63, 3.8) is 0 Å². The molecule has 30 heavy (non-hydrogen) atoms. The molecule has 0 spiro atoms. The number of furan rings is 1. The quantitative estimate of drug-likeness (QED) is 0.562. The topological polar surface area (TPSA) is 92.5 Å². The maximum absolute atomic E-state index is 12.4. The molecule has 0 bridgehead atoms. The lowest BCUT2D eigenvalue weighted by atomic mass is 10.2. The van der Waals surface area contributed by atoms with Crippen molar-refractivity contribution in [1.29, 1.82) is 0 Å². The summed E-state index contributed by atoms with van der Waals surface area (Å²) in [4.78, 5) is 19.1. The van der Waals surface area contributed by atoms with E-state index < -0.39 is 15.7 Å². The summed E-state index contributed by atoms with van der Waals surface area (Å²) in [6.45, 7) is 6.19. The Balaban J connectivity index is 1.59. The van der Waals surface area contributed by atoms with Crippen LogP contribution in [0.25, 0.3) is 0 Å². The van der Waals surface area contributed by atoms with Gasteiger partial charge in [-0.25, -0.2) is 13.4 Å². The molecular formula is C22H25N3O4S. The van der Waals surface area contributed by atoms with Crippen molar-refractivity contribution in [3.8, 4) is 0 Å². The summed E-state index contributed by atoms with van der Waals surface area (Å²) in [5, 5.41) is 2.76. The van der Waals surface area contributed by atoms with E-state index in [1.807, 2.05) is 12.1 Å². The predicted octanol–water partition coefficient (Wildman–Crippen LogP) is 3.42. The first-order valence-corrected chi connectivity index (χ1v) is 11.4. The van der Waals surface area contributed by atoms with Gasteiger partial charge < -0.3 is 14.6 Å². The Morgan fingerprint density at radius 3 is 2.40 bits per heavy atom. The van der Waals surface area contributed by atoms with Gasteiger partial charge in [-0.1, -0.05) is 24.3 Å². The van der Waals surface area contributed by atoms with Crippen LogP contribution in [0.5, 0.6) is 0 Å². The molecule has 0 aliphatic rings. The molecule has 0 atom stereocenters. The van der Waals surface area contributed by atoms with E-state index in [9.17, 15) is 13.2 Å². The molecule has 1 amide bonds. The number of nitrogens with zero attached hydrogens (tertiary/aromatic N) is 2. The summed E-state index contributed by atoms with van der Waals surface area (Å²) in [5.74, 6) is 0.466. The minimum Gasteiger partial charge on any atom is -0.455 e. The SMILES string of the molecule is CCN(CC)c1ccc(CNC(=O)c2ccc(CS(=O)(=O)c3ccccc3)o2)cn1. The number of nitrogens with one attached hydrogen (secondary N) is 1. The minimum atomic E-state index is -3.53. The minimum absolute atomic E-state index is 0.0704. The predicted molar refractivity (Wildman–Crippen MR) is 115 cm³/mol. The summed E-state index contributed by atoms with van der Waals surface area (Å²) >= 11 is 0. The lowest BCUT2D eigenvalue weighted by Gasteiger charge is -2.19. The fourth-order valence-electron chi connectivity index (χ4n) is 3.00. The summed E-state index contributed by atoms with van der Waals surface area (Å²) in [5.41, 5.74) is 0.859. The molecule has 0 aliphatic carbocycles. The molecule has 1 N–H and O–H groups in total. The molecule has 7 nitrogen and oxygen atoms in total. The number of benzene rings is 1. The maximum atomic E-state index is 12.4. The zero-order chi connectivity index (χ0) is 21.6. The molecule has 8 heteroatoms. The number of carbonyl (C=O) groups is 1. The normalized spacial score (nSPS) is 11.3. The van der Waals surface area contributed by atoms with E-state index in [1.165, 1.54) is 24.3 Å². The van der Waals surface area contributed by atoms with Crippen LogP contribution in [-0.2, 0) is 22.1 Å². The molecule has 158 valence electrons. The zero-order valence-electron chi connectivity index (χ0n) is 17.0. The van der Waals surface area contributed by atoms with Gasteiger partial charge in [-0.05, 0) is 49.7 Å². The molecular weight excluding hydrogens is 402 g/mol. The highest BCUT2D eigenvalue weighted by Crippen LogP contribution is 2.18. The maximum Gasteiger partial charge on any atom is 0.287 e. The summed E-state index contributed by atoms with van der Waals surface area (Å²) in [6.07, 6.45) is 1.73. The number of hydrogen-bond acceptors (Lipinski definition) is 6. The number of hydrogen-bond donors (Lipinski definition) is 1. The van der Waals surface area contributed by atoms with Gasteiger partial charge in [-0.15, -0.1) is 0 Å². The van der Waals surface area contributed by atoms with Crippen LogP contribution in [0.4, 0.5) is 5.82 Å². The first-order chi connectivity index (χ1) is 14.4. The monoisotopic (exact) mass is 427 g/mol. The van der Waals surface area contributed by atoms with E-state index in [0.717, 1.165) is 24.5 Å². The van der Waals surface area contributed by atoms with Crippen molar-refractivity contribution < 1.29 is 17.6 Å². The second kappa shape index (κ2) is 9.58. The molecule has 0 saturated heterocycles. The van der Waals surface area contributed by atoms with Crippen molar-refractivity contribution in [3.05, 3.63) is 77.9 Å². The van der Waals surface area contributed by atoms with Crippen LogP contribution in [-0.4, -0.2) is 32.4 Å². The van der Waals surface area contributed by atoms with Gasteiger partial charge in [0.05, 0.1) is 4.90 Å². The van der Waals surface area contributed by atoms with Crippen LogP contribution in [0.3, 0.4) is 0 Å². The Morgan fingerprint density at radius 2 is 1.77 bits per heavy atom. The number of sulfone groups is 1. The fourth-order valence-corrected chi connectivity index (χ4v) is 4.27. The number of aromatic nitrogens is 1. The van der Waals surface area contributed by atoms with Gasteiger partial charge in [-0.2, -0.15) is 0 Å². The molecule has 2 aromatic heterocycles. The van der Waals surface area contributed by atoms with Crippen molar-refractivity contribution >= 4 is 21.6 Å². The highest BCUT2D eigenvalue weighted by molar-refractivity contribution is 7.90. The third kappa shape index (κ3) is 5.27. The van der Waals surface area contributed by atoms with Gasteiger partial charge in [0.1, 0.15) is 17.3 Å². The third-order valence-corrected chi connectivity index (χ3v) is 6.32. The van der Waals surface area contributed by atoms with E-state index in [4.69, 9.17) is 4.42 Å². The average Bonchev–Trinajstić information content (AvgIpc) is 3.22. The van der Waals surface area contributed by atoms with Gasteiger partial charge in [0, 0.05) is 25.8 Å². The molecule has 2 heterocycles. The van der Waals surface area contributed by atoms with Crippen molar-refractivity contribution in [1.82, 2.24) is 10.3 Å². The van der Waals surface area contributed by atoms with Gasteiger partial charge in [-0.3, -0.25) is 4.79 Å². The van der Waals surface area contributed by atoms with Gasteiger partial charge in [0.15, 0.2) is 15.6 Å². The lowest BCUT2D eigenvalue weighted by molar-refractivity contribution is 0.0921. The van der Waals surface area contributed by atoms with Crippen LogP contribution in [0.1, 0.15) is 35.7 Å². The molecule has 3 rings (SSSR count). The molecule has 0 radical (unpaired) electrons. The molecule has 0 fully saturated rings. The van der Waals surface area contributed by atoms with E-state index in [-0.39, 0.29) is 22.2 Å². The number of carbonyl (C=O) groups excluding carboxylic acids is 1. The van der Waals surface area contributed by atoms with Crippen molar-refractivity contribution in [2.45, 2.75) is 31.0 Å². The van der Waals surface area contributed by atoms with Crippen LogP contribution in [0.15, 0.2) is 70.1 Å². The summed E-state index contributed by atoms with van der Waals surface area (Å²) < 4.78 is 30.3. The van der Waals surface area contributed by atoms with Crippen LogP contribution < -0.4 is 10.2 Å². The van der Waals surface area contributed by atoms with Gasteiger partial charge in [0.25, 0.3) is 5.91 Å². The number of anilines is 1. The van der Waals surface area contributed by atoms with E-state index in [1.54, 1.807) is 24.4 Å². The standard InChI is InChI=1S/C22H25N3O4S/c1-3-25(4-2)21-13-10-17(14-23-21)15-24-22(26)20-12-11-18(29-20)16-30(27,28)19-8-6-5-7-9-19/h5-14H,3-4,15-16H2,1-2H3,(H,24,26). The van der Waals surface area contributed by atoms with Gasteiger partial charge >= 0.3 is 0 Å². The van der Waals surface area contributed by atoms with Crippen LogP contribution >= 0.6 is 0 Å². The van der Waals surface area contributed by atoms with E-state index in [2.05, 4.69) is 29.0 Å². The Morgan fingerprint density at radius 1 is 1.03 bits per heavy atom. The van der Waals surface area contributed by atoms with E-state index >= 15 is 0 Å². The highest BCUT2D eigenvalue weighted by Gasteiger charge is 2.19. The second-order valence-electron chi connectivity index (χ2n) is 6.72. The smallest absolute Gasteiger partial charge is 0.287 e. The van der Waals surface area contributed by atoms with Crippen LogP contribution in [0.2, 0.25) is 0 Å². The van der Waals surface area contributed by atoms with Gasteiger partial charge in [0.2, 0.25) is 0 Å². The largest absolute Gasteiger partial charge is 0.455 e. The second-order valence-corrected chi connectivity index (χ2v) is 8.71. The molecule has 3 aromatic rings. The Labute approximate surface area is 176 Å². The molecule has 1 aromatic carbocycles. The number of pyridine rings is 1. The molecule has 0 aliphatic heterocycles. The van der Waals surface area contributed by atoms with Crippen molar-refractivity contribution in [2.24, 2.45) is 0 Å². The number of rotatable bonds is 9. The van der Waals surface area contributed by atoms with Crippen LogP contribution in [0, 0.1) is 0 Å². The average molecular weight is 428 g/mol. The molecule has 0 unspecified atom stereocenters. The first kappa shape index (κ1) is 21.6. The van der Waals surface area contributed by atoms with Crippen molar-refractivity contribution in [2.75, 3.05) is 18.0 Å². The Kier molecular flexibility index (Phi) is 6.89. The fraction of sp³-hybridized carbons (Fsp3) is 0.273. The number of amides is 1. The Bertz CT molecular complexity index is 1070. The van der Waals surface area contributed by atoms with E-state index in [0.29, 0.717) is 6.54 Å². The summed E-state index contributed by atoms with van der Waals surface area (Å²) in [6, 6.07) is 15.0. The zero-order valence-corrected chi connectivity index (χ0v) is 17.9. The lowest BCUT2D eigenvalue weighted by Crippen LogP contribution is -2.24. The highest BCUT2D eigenvalue weighted by atomic mass is 32.2. The first-order valence-electron chi connectivity index (χ1n) is 9.77.